The second-order valence-electron chi connectivity index (χ2n) is 7.54. The molecule has 1 aliphatic heterocycles. The number of amides is 1. The molecule has 0 spiro atoms. The Balaban J connectivity index is 1.40. The van der Waals surface area contributed by atoms with Crippen molar-refractivity contribution >= 4 is 11.6 Å². The Morgan fingerprint density at radius 2 is 1.87 bits per heavy atom. The number of aryl methyl sites for hydroxylation is 1. The number of halogens is 1. The fourth-order valence-electron chi connectivity index (χ4n) is 3.89. The van der Waals surface area contributed by atoms with E-state index in [0.29, 0.717) is 5.69 Å². The molecule has 4 rings (SSSR count). The smallest absolute Gasteiger partial charge is 0.325 e. The first-order valence-corrected chi connectivity index (χ1v) is 10.0. The summed E-state index contributed by atoms with van der Waals surface area (Å²) in [7, 11) is 1.66. The number of hydrogen-bond acceptors (Lipinski definition) is 4. The number of carbonyl (C=O) groups excluding carboxylic acids is 1. The molecule has 8 heteroatoms. The number of para-hydroxylation sites is 1. The van der Waals surface area contributed by atoms with Crippen LogP contribution in [0.15, 0.2) is 59.4 Å². The van der Waals surface area contributed by atoms with Crippen LogP contribution in [0.25, 0.3) is 5.69 Å². The van der Waals surface area contributed by atoms with Crippen LogP contribution in [0.1, 0.15) is 24.6 Å². The molecule has 1 aliphatic rings. The summed E-state index contributed by atoms with van der Waals surface area (Å²) in [6.45, 7) is 1.69. The molecular weight excluding hydrogens is 385 g/mol. The third-order valence-electron chi connectivity index (χ3n) is 5.39. The molecule has 0 unspecified atom stereocenters. The molecule has 7 nitrogen and oxygen atoms in total. The minimum atomic E-state index is -0.381. The maximum Gasteiger partial charge on any atom is 0.350 e. The van der Waals surface area contributed by atoms with Gasteiger partial charge < -0.3 is 5.32 Å². The van der Waals surface area contributed by atoms with E-state index in [1.807, 2.05) is 30.3 Å². The second-order valence-corrected chi connectivity index (χ2v) is 7.54. The summed E-state index contributed by atoms with van der Waals surface area (Å²) >= 11 is 0. The van der Waals surface area contributed by atoms with Crippen LogP contribution in [0.3, 0.4) is 0 Å². The van der Waals surface area contributed by atoms with Crippen LogP contribution in [0.5, 0.6) is 0 Å². The number of carbonyl (C=O) groups is 1. The van der Waals surface area contributed by atoms with E-state index in [-0.39, 0.29) is 29.9 Å². The van der Waals surface area contributed by atoms with Crippen molar-refractivity contribution in [2.75, 3.05) is 25.0 Å². The van der Waals surface area contributed by atoms with Crippen molar-refractivity contribution in [3.8, 4) is 5.69 Å². The minimum Gasteiger partial charge on any atom is -0.325 e. The van der Waals surface area contributed by atoms with Crippen LogP contribution in [-0.4, -0.2) is 44.8 Å². The normalized spacial score (nSPS) is 15.3. The average molecular weight is 409 g/mol. The van der Waals surface area contributed by atoms with Gasteiger partial charge in [-0.05, 0) is 56.3 Å². The molecule has 2 aromatic carbocycles. The molecule has 30 heavy (non-hydrogen) atoms. The molecule has 156 valence electrons. The van der Waals surface area contributed by atoms with Crippen molar-refractivity contribution in [2.45, 2.75) is 18.8 Å². The minimum absolute atomic E-state index is 0.140. The molecule has 1 amide bonds. The van der Waals surface area contributed by atoms with Crippen molar-refractivity contribution in [3.05, 3.63) is 76.7 Å². The highest BCUT2D eigenvalue weighted by Crippen LogP contribution is 2.27. The van der Waals surface area contributed by atoms with Gasteiger partial charge in [-0.2, -0.15) is 5.10 Å². The second kappa shape index (κ2) is 8.62. The largest absolute Gasteiger partial charge is 0.350 e. The number of rotatable bonds is 5. The first-order chi connectivity index (χ1) is 14.5. The Labute approximate surface area is 173 Å². The molecule has 1 saturated heterocycles. The lowest BCUT2D eigenvalue weighted by Gasteiger charge is -2.31. The lowest BCUT2D eigenvalue weighted by molar-refractivity contribution is -0.117. The van der Waals surface area contributed by atoms with Gasteiger partial charge in [0.15, 0.2) is 0 Å². The molecule has 0 radical (unpaired) electrons. The summed E-state index contributed by atoms with van der Waals surface area (Å²) in [5, 5.41) is 7.23. The van der Waals surface area contributed by atoms with Crippen molar-refractivity contribution in [1.82, 2.24) is 19.2 Å². The molecule has 1 aromatic heterocycles. The summed E-state index contributed by atoms with van der Waals surface area (Å²) < 4.78 is 16.3. The highest BCUT2D eigenvalue weighted by molar-refractivity contribution is 5.92. The molecule has 0 aliphatic carbocycles. The molecule has 1 fully saturated rings. The van der Waals surface area contributed by atoms with E-state index >= 15 is 0 Å². The summed E-state index contributed by atoms with van der Waals surface area (Å²) in [6.07, 6.45) is 1.60. The van der Waals surface area contributed by atoms with Gasteiger partial charge in [0.25, 0.3) is 0 Å². The van der Waals surface area contributed by atoms with Gasteiger partial charge in [-0.3, -0.25) is 9.69 Å². The fraction of sp³-hybridized carbons (Fsp3) is 0.318. The first-order valence-electron chi connectivity index (χ1n) is 10.0. The van der Waals surface area contributed by atoms with Crippen LogP contribution in [0.4, 0.5) is 10.1 Å². The maximum absolute atomic E-state index is 13.3. The summed E-state index contributed by atoms with van der Waals surface area (Å²) in [6, 6.07) is 15.4. The van der Waals surface area contributed by atoms with E-state index in [1.54, 1.807) is 23.7 Å². The summed E-state index contributed by atoms with van der Waals surface area (Å²) in [5.41, 5.74) is 1.10. The monoisotopic (exact) mass is 409 g/mol. The molecule has 0 saturated carbocycles. The van der Waals surface area contributed by atoms with E-state index in [9.17, 15) is 14.0 Å². The number of aromatic nitrogens is 3. The van der Waals surface area contributed by atoms with E-state index in [4.69, 9.17) is 0 Å². The highest BCUT2D eigenvalue weighted by Gasteiger charge is 2.27. The third-order valence-corrected chi connectivity index (χ3v) is 5.39. The summed E-state index contributed by atoms with van der Waals surface area (Å²) in [5.74, 6) is 0.353. The zero-order chi connectivity index (χ0) is 21.1. The lowest BCUT2D eigenvalue weighted by atomic mass is 9.95. The first kappa shape index (κ1) is 20.0. The molecular formula is C22H24FN5O2. The Hall–Kier alpha value is -3.26. The van der Waals surface area contributed by atoms with Crippen LogP contribution < -0.4 is 11.0 Å². The average Bonchev–Trinajstić information content (AvgIpc) is 3.03. The molecule has 3 aromatic rings. The number of hydrogen-bond donors (Lipinski definition) is 1. The molecule has 0 atom stereocenters. The zero-order valence-electron chi connectivity index (χ0n) is 16.8. The van der Waals surface area contributed by atoms with Crippen LogP contribution in [-0.2, 0) is 11.8 Å². The molecule has 1 N–H and O–H groups in total. The van der Waals surface area contributed by atoms with Crippen molar-refractivity contribution in [3.63, 3.8) is 0 Å². The zero-order valence-corrected chi connectivity index (χ0v) is 16.8. The van der Waals surface area contributed by atoms with Gasteiger partial charge in [0.2, 0.25) is 5.91 Å². The molecule has 2 heterocycles. The van der Waals surface area contributed by atoms with Crippen molar-refractivity contribution < 1.29 is 9.18 Å². The van der Waals surface area contributed by atoms with E-state index in [1.165, 1.54) is 16.8 Å². The Morgan fingerprint density at radius 1 is 1.13 bits per heavy atom. The summed E-state index contributed by atoms with van der Waals surface area (Å²) in [4.78, 5) is 27.0. The number of likely N-dealkylation sites (tertiary alicyclic amines) is 1. The quantitative estimate of drug-likeness (QED) is 0.703. The van der Waals surface area contributed by atoms with E-state index in [0.717, 1.165) is 37.4 Å². The number of nitrogens with one attached hydrogen (secondary N) is 1. The Morgan fingerprint density at radius 3 is 2.57 bits per heavy atom. The van der Waals surface area contributed by atoms with Gasteiger partial charge in [-0.25, -0.2) is 18.4 Å². The number of anilines is 1. The van der Waals surface area contributed by atoms with Gasteiger partial charge in [-0.15, -0.1) is 0 Å². The number of nitrogens with zero attached hydrogens (tertiary/aromatic N) is 4. The standard InChI is InChI=1S/C22H24FN5O2/c1-26-22(30)28(19-8-3-2-4-9-19)21(25-26)16-10-12-27(13-11-16)15-20(29)24-18-7-5-6-17(23)14-18/h2-9,14,16H,10-13,15H2,1H3,(H,24,29). The van der Waals surface area contributed by atoms with Crippen LogP contribution >= 0.6 is 0 Å². The Bertz CT molecular complexity index is 1080. The number of piperidine rings is 1. The lowest BCUT2D eigenvalue weighted by Crippen LogP contribution is -2.39. The highest BCUT2D eigenvalue weighted by atomic mass is 19.1. The van der Waals surface area contributed by atoms with Gasteiger partial charge >= 0.3 is 5.69 Å². The number of benzene rings is 2. The predicted molar refractivity (Wildman–Crippen MR) is 112 cm³/mol. The predicted octanol–water partition coefficient (Wildman–Crippen LogP) is 2.53. The van der Waals surface area contributed by atoms with Gasteiger partial charge in [0.05, 0.1) is 12.2 Å². The fourth-order valence-corrected chi connectivity index (χ4v) is 3.89. The van der Waals surface area contributed by atoms with Crippen molar-refractivity contribution in [2.24, 2.45) is 7.05 Å². The topological polar surface area (TPSA) is 72.2 Å². The third kappa shape index (κ3) is 4.33. The van der Waals surface area contributed by atoms with Gasteiger partial charge in [0, 0.05) is 18.7 Å². The van der Waals surface area contributed by atoms with Crippen LogP contribution in [0, 0.1) is 5.82 Å². The molecule has 0 bridgehead atoms. The SMILES string of the molecule is Cn1nc(C2CCN(CC(=O)Nc3cccc(F)c3)CC2)n(-c2ccccc2)c1=O. The van der Waals surface area contributed by atoms with Gasteiger partial charge in [-0.1, -0.05) is 24.3 Å². The van der Waals surface area contributed by atoms with E-state index < -0.39 is 0 Å². The van der Waals surface area contributed by atoms with Crippen LogP contribution in [0.2, 0.25) is 0 Å². The Kier molecular flexibility index (Phi) is 5.76. The van der Waals surface area contributed by atoms with E-state index in [2.05, 4.69) is 15.3 Å². The maximum atomic E-state index is 13.3. The van der Waals surface area contributed by atoms with Gasteiger partial charge in [0.1, 0.15) is 11.6 Å². The van der Waals surface area contributed by atoms with Crippen molar-refractivity contribution in [1.29, 1.82) is 0 Å².